The number of aliphatic hydroxyl groups excluding tert-OH is 1. The maximum atomic E-state index is 14.0. The van der Waals surface area contributed by atoms with Crippen molar-refractivity contribution in [3.05, 3.63) is 29.3 Å². The van der Waals surface area contributed by atoms with E-state index in [0.717, 1.165) is 0 Å². The van der Waals surface area contributed by atoms with E-state index in [9.17, 15) is 13.9 Å². The zero-order valence-electron chi connectivity index (χ0n) is 11.2. The second kappa shape index (κ2) is 5.63. The SMILES string of the molecule is CNCc1cc(F)c(N(C)C(C)(C)CO)c(F)c1. The molecule has 2 N–H and O–H groups in total. The molecule has 1 aromatic carbocycles. The maximum Gasteiger partial charge on any atom is 0.149 e. The Labute approximate surface area is 106 Å². The molecule has 0 unspecified atom stereocenters. The van der Waals surface area contributed by atoms with Crippen molar-refractivity contribution >= 4 is 5.69 Å². The summed E-state index contributed by atoms with van der Waals surface area (Å²) in [7, 11) is 3.28. The molecule has 0 aromatic heterocycles. The summed E-state index contributed by atoms with van der Waals surface area (Å²) in [6.45, 7) is 3.64. The van der Waals surface area contributed by atoms with Crippen LogP contribution < -0.4 is 10.2 Å². The molecule has 3 nitrogen and oxygen atoms in total. The highest BCUT2D eigenvalue weighted by molar-refractivity contribution is 5.52. The molecule has 0 saturated carbocycles. The van der Waals surface area contributed by atoms with Gasteiger partial charge in [0.1, 0.15) is 17.3 Å². The number of benzene rings is 1. The summed E-state index contributed by atoms with van der Waals surface area (Å²) in [6.07, 6.45) is 0. The quantitative estimate of drug-likeness (QED) is 0.846. The van der Waals surface area contributed by atoms with E-state index >= 15 is 0 Å². The highest BCUT2D eigenvalue weighted by atomic mass is 19.1. The van der Waals surface area contributed by atoms with Crippen molar-refractivity contribution in [2.75, 3.05) is 25.6 Å². The number of nitrogens with zero attached hydrogens (tertiary/aromatic N) is 1. The Balaban J connectivity index is 3.18. The van der Waals surface area contributed by atoms with Crippen LogP contribution in [0.5, 0.6) is 0 Å². The van der Waals surface area contributed by atoms with Crippen LogP contribution in [0.3, 0.4) is 0 Å². The molecule has 0 heterocycles. The third-order valence-corrected chi connectivity index (χ3v) is 3.09. The highest BCUT2D eigenvalue weighted by Gasteiger charge is 2.27. The molecule has 0 aliphatic heterocycles. The minimum absolute atomic E-state index is 0.117. The van der Waals surface area contributed by atoms with Gasteiger partial charge in [0.05, 0.1) is 12.1 Å². The molecule has 0 amide bonds. The first-order chi connectivity index (χ1) is 8.33. The van der Waals surface area contributed by atoms with Gasteiger partial charge in [-0.1, -0.05) is 0 Å². The first-order valence-corrected chi connectivity index (χ1v) is 5.80. The summed E-state index contributed by atoms with van der Waals surface area (Å²) in [6, 6.07) is 2.61. The van der Waals surface area contributed by atoms with Crippen molar-refractivity contribution in [3.63, 3.8) is 0 Å². The number of hydrogen-bond acceptors (Lipinski definition) is 3. The third-order valence-electron chi connectivity index (χ3n) is 3.09. The highest BCUT2D eigenvalue weighted by Crippen LogP contribution is 2.29. The molecule has 0 radical (unpaired) electrons. The monoisotopic (exact) mass is 258 g/mol. The molecule has 0 bridgehead atoms. The van der Waals surface area contributed by atoms with Crippen molar-refractivity contribution in [3.8, 4) is 0 Å². The van der Waals surface area contributed by atoms with Gasteiger partial charge >= 0.3 is 0 Å². The van der Waals surface area contributed by atoms with Crippen molar-refractivity contribution in [1.82, 2.24) is 5.32 Å². The van der Waals surface area contributed by atoms with Gasteiger partial charge in [0, 0.05) is 13.6 Å². The van der Waals surface area contributed by atoms with Gasteiger partial charge in [0.2, 0.25) is 0 Å². The lowest BCUT2D eigenvalue weighted by molar-refractivity contribution is 0.215. The van der Waals surface area contributed by atoms with E-state index in [1.54, 1.807) is 27.9 Å². The van der Waals surface area contributed by atoms with E-state index in [-0.39, 0.29) is 12.3 Å². The van der Waals surface area contributed by atoms with Gasteiger partial charge in [-0.15, -0.1) is 0 Å². The summed E-state index contributed by atoms with van der Waals surface area (Å²) in [5.74, 6) is -1.24. The summed E-state index contributed by atoms with van der Waals surface area (Å²) in [5.41, 5.74) is -0.299. The Morgan fingerprint density at radius 1 is 1.28 bits per heavy atom. The van der Waals surface area contributed by atoms with Crippen LogP contribution in [0.25, 0.3) is 0 Å². The van der Waals surface area contributed by atoms with Crippen LogP contribution in [-0.4, -0.2) is 31.3 Å². The van der Waals surface area contributed by atoms with Crippen LogP contribution in [-0.2, 0) is 6.54 Å². The standard InChI is InChI=1S/C13H20F2N2O/c1-13(2,8-18)17(4)12-10(14)5-9(7-16-3)6-11(12)15/h5-6,16,18H,7-8H2,1-4H3. The number of anilines is 1. The Kier molecular flexibility index (Phi) is 4.65. The van der Waals surface area contributed by atoms with E-state index in [1.165, 1.54) is 17.0 Å². The fourth-order valence-corrected chi connectivity index (χ4v) is 1.65. The number of hydrogen-bond donors (Lipinski definition) is 2. The lowest BCUT2D eigenvalue weighted by atomic mass is 10.0. The molecule has 5 heteroatoms. The first-order valence-electron chi connectivity index (χ1n) is 5.80. The zero-order valence-corrected chi connectivity index (χ0v) is 11.2. The lowest BCUT2D eigenvalue weighted by Crippen LogP contribution is -2.45. The molecular weight excluding hydrogens is 238 g/mol. The number of halogens is 2. The number of aliphatic hydroxyl groups is 1. The Hall–Kier alpha value is -1.20. The van der Waals surface area contributed by atoms with E-state index < -0.39 is 17.2 Å². The number of nitrogens with one attached hydrogen (secondary N) is 1. The molecule has 0 spiro atoms. The summed E-state index contributed by atoms with van der Waals surface area (Å²) in [5, 5.41) is 12.1. The van der Waals surface area contributed by atoms with Crippen LogP contribution in [0.4, 0.5) is 14.5 Å². The van der Waals surface area contributed by atoms with E-state index in [4.69, 9.17) is 0 Å². The normalized spacial score (nSPS) is 11.7. The van der Waals surface area contributed by atoms with Gasteiger partial charge in [-0.3, -0.25) is 0 Å². The molecule has 102 valence electrons. The van der Waals surface area contributed by atoms with Gasteiger partial charge in [0.15, 0.2) is 0 Å². The summed E-state index contributed by atoms with van der Waals surface area (Å²) >= 11 is 0. The lowest BCUT2D eigenvalue weighted by Gasteiger charge is -2.36. The molecule has 18 heavy (non-hydrogen) atoms. The molecule has 0 fully saturated rings. The van der Waals surface area contributed by atoms with Crippen molar-refractivity contribution in [2.24, 2.45) is 0 Å². The average molecular weight is 258 g/mol. The van der Waals surface area contributed by atoms with Crippen molar-refractivity contribution < 1.29 is 13.9 Å². The smallest absolute Gasteiger partial charge is 0.149 e. The average Bonchev–Trinajstić information content (AvgIpc) is 2.28. The second-order valence-corrected chi connectivity index (χ2v) is 4.97. The fourth-order valence-electron chi connectivity index (χ4n) is 1.65. The van der Waals surface area contributed by atoms with Gasteiger partial charge in [-0.25, -0.2) is 8.78 Å². The second-order valence-electron chi connectivity index (χ2n) is 4.97. The molecule has 1 rings (SSSR count). The van der Waals surface area contributed by atoms with Crippen molar-refractivity contribution in [1.29, 1.82) is 0 Å². The minimum Gasteiger partial charge on any atom is -0.394 e. The Morgan fingerprint density at radius 2 is 1.78 bits per heavy atom. The third kappa shape index (κ3) is 2.97. The topological polar surface area (TPSA) is 35.5 Å². The Morgan fingerprint density at radius 3 is 2.17 bits per heavy atom. The van der Waals surface area contributed by atoms with Crippen LogP contribution in [0.15, 0.2) is 12.1 Å². The minimum atomic E-state index is -0.730. The fraction of sp³-hybridized carbons (Fsp3) is 0.538. The summed E-state index contributed by atoms with van der Waals surface area (Å²) in [4.78, 5) is 1.42. The van der Waals surface area contributed by atoms with E-state index in [0.29, 0.717) is 12.1 Å². The molecule has 0 aliphatic carbocycles. The molecule has 0 aliphatic rings. The van der Waals surface area contributed by atoms with Gasteiger partial charge in [0.25, 0.3) is 0 Å². The van der Waals surface area contributed by atoms with Gasteiger partial charge in [-0.2, -0.15) is 0 Å². The predicted octanol–water partition coefficient (Wildman–Crippen LogP) is 1.89. The molecule has 1 aromatic rings. The van der Waals surface area contributed by atoms with Gasteiger partial charge < -0.3 is 15.3 Å². The van der Waals surface area contributed by atoms with E-state index in [2.05, 4.69) is 5.32 Å². The molecule has 0 saturated heterocycles. The molecule has 0 atom stereocenters. The van der Waals surface area contributed by atoms with Crippen molar-refractivity contribution in [2.45, 2.75) is 25.9 Å². The maximum absolute atomic E-state index is 14.0. The zero-order chi connectivity index (χ0) is 13.9. The van der Waals surface area contributed by atoms with Crippen LogP contribution in [0.2, 0.25) is 0 Å². The van der Waals surface area contributed by atoms with Crippen LogP contribution in [0.1, 0.15) is 19.4 Å². The first kappa shape index (κ1) is 14.9. The summed E-state index contributed by atoms with van der Waals surface area (Å²) < 4.78 is 27.9. The van der Waals surface area contributed by atoms with E-state index in [1.807, 2.05) is 0 Å². The number of likely N-dealkylation sites (N-methyl/N-ethyl adjacent to an activating group) is 1. The largest absolute Gasteiger partial charge is 0.394 e. The van der Waals surface area contributed by atoms with Crippen LogP contribution in [0, 0.1) is 11.6 Å². The van der Waals surface area contributed by atoms with Gasteiger partial charge in [-0.05, 0) is 38.6 Å². The van der Waals surface area contributed by atoms with Crippen LogP contribution >= 0.6 is 0 Å². The number of rotatable bonds is 5. The predicted molar refractivity (Wildman–Crippen MR) is 68.7 cm³/mol. The Bertz CT molecular complexity index is 398. The molecular formula is C13H20F2N2O.